The van der Waals surface area contributed by atoms with Crippen molar-refractivity contribution in [3.05, 3.63) is 65.7 Å². The molecular weight excluding hydrogens is 251 g/mol. The lowest BCUT2D eigenvalue weighted by Crippen LogP contribution is -2.27. The molecule has 1 atom stereocenters. The van der Waals surface area contributed by atoms with E-state index in [4.69, 9.17) is 0 Å². The first kappa shape index (κ1) is 14.2. The number of hydrogen-bond acceptors (Lipinski definition) is 2. The van der Waals surface area contributed by atoms with Gasteiger partial charge in [0.1, 0.15) is 5.82 Å². The lowest BCUT2D eigenvalue weighted by atomic mass is 9.74. The SMILES string of the molecule is CCCC(C#N)(Cc1cccnc1)c1ccc(F)cc1. The average molecular weight is 268 g/mol. The minimum absolute atomic E-state index is 0.279. The summed E-state index contributed by atoms with van der Waals surface area (Å²) in [5.41, 5.74) is 1.27. The van der Waals surface area contributed by atoms with Crippen LogP contribution in [0.4, 0.5) is 4.39 Å². The van der Waals surface area contributed by atoms with E-state index in [1.807, 2.05) is 12.1 Å². The van der Waals surface area contributed by atoms with Crippen LogP contribution in [0.25, 0.3) is 0 Å². The molecule has 0 spiro atoms. The van der Waals surface area contributed by atoms with Crippen LogP contribution in [-0.4, -0.2) is 4.98 Å². The highest BCUT2D eigenvalue weighted by molar-refractivity contribution is 5.35. The molecule has 0 N–H and O–H groups in total. The quantitative estimate of drug-likeness (QED) is 0.821. The molecule has 0 aliphatic rings. The van der Waals surface area contributed by atoms with E-state index in [-0.39, 0.29) is 5.82 Å². The van der Waals surface area contributed by atoms with Crippen molar-refractivity contribution in [2.24, 2.45) is 0 Å². The summed E-state index contributed by atoms with van der Waals surface area (Å²) >= 11 is 0. The Morgan fingerprint density at radius 3 is 2.55 bits per heavy atom. The second-order valence-electron chi connectivity index (χ2n) is 4.99. The molecular formula is C17H17FN2. The van der Waals surface area contributed by atoms with Gasteiger partial charge in [-0.1, -0.05) is 31.5 Å². The van der Waals surface area contributed by atoms with E-state index in [1.165, 1.54) is 12.1 Å². The fourth-order valence-electron chi connectivity index (χ4n) is 2.54. The van der Waals surface area contributed by atoms with Crippen molar-refractivity contribution in [3.8, 4) is 6.07 Å². The summed E-state index contributed by atoms with van der Waals surface area (Å²) in [6.45, 7) is 2.05. The van der Waals surface area contributed by atoms with Crippen LogP contribution in [0, 0.1) is 17.1 Å². The predicted octanol–water partition coefficient (Wildman–Crippen LogP) is 4.02. The maximum atomic E-state index is 13.1. The Hall–Kier alpha value is -2.21. The van der Waals surface area contributed by atoms with Gasteiger partial charge in [0.25, 0.3) is 0 Å². The highest BCUT2D eigenvalue weighted by Gasteiger charge is 2.31. The van der Waals surface area contributed by atoms with E-state index in [2.05, 4.69) is 18.0 Å². The first-order chi connectivity index (χ1) is 9.70. The molecule has 1 unspecified atom stereocenters. The molecule has 0 amide bonds. The molecule has 0 aliphatic carbocycles. The lowest BCUT2D eigenvalue weighted by Gasteiger charge is -2.27. The molecule has 20 heavy (non-hydrogen) atoms. The number of nitriles is 1. The van der Waals surface area contributed by atoms with Crippen LogP contribution in [0.5, 0.6) is 0 Å². The first-order valence-corrected chi connectivity index (χ1v) is 6.76. The third-order valence-corrected chi connectivity index (χ3v) is 3.52. The Balaban J connectivity index is 2.40. The Bertz CT molecular complexity index is 587. The van der Waals surface area contributed by atoms with Gasteiger partial charge in [0.05, 0.1) is 11.5 Å². The highest BCUT2D eigenvalue weighted by Crippen LogP contribution is 2.32. The Kier molecular flexibility index (Phi) is 4.47. The van der Waals surface area contributed by atoms with Crippen LogP contribution in [0.1, 0.15) is 30.9 Å². The average Bonchev–Trinajstić information content (AvgIpc) is 2.48. The van der Waals surface area contributed by atoms with Gasteiger partial charge in [-0.15, -0.1) is 0 Å². The van der Waals surface area contributed by atoms with Gasteiger partial charge in [-0.25, -0.2) is 4.39 Å². The lowest BCUT2D eigenvalue weighted by molar-refractivity contribution is 0.490. The molecule has 1 aromatic heterocycles. The molecule has 102 valence electrons. The van der Waals surface area contributed by atoms with Crippen molar-refractivity contribution in [2.45, 2.75) is 31.6 Å². The van der Waals surface area contributed by atoms with Crippen molar-refractivity contribution in [1.82, 2.24) is 4.98 Å². The van der Waals surface area contributed by atoms with Crippen LogP contribution in [0.3, 0.4) is 0 Å². The fraction of sp³-hybridized carbons (Fsp3) is 0.294. The van der Waals surface area contributed by atoms with Gasteiger partial charge in [0, 0.05) is 12.4 Å². The molecule has 1 heterocycles. The summed E-state index contributed by atoms with van der Waals surface area (Å²) in [4.78, 5) is 4.10. The zero-order valence-corrected chi connectivity index (χ0v) is 11.5. The van der Waals surface area contributed by atoms with Gasteiger partial charge in [-0.05, 0) is 42.2 Å². The molecule has 0 aliphatic heterocycles. The van der Waals surface area contributed by atoms with Gasteiger partial charge < -0.3 is 0 Å². The normalized spacial score (nSPS) is 13.4. The van der Waals surface area contributed by atoms with Crippen LogP contribution < -0.4 is 0 Å². The number of aromatic nitrogens is 1. The number of halogens is 1. The molecule has 0 radical (unpaired) electrons. The molecule has 3 heteroatoms. The standard InChI is InChI=1S/C17H17FN2/c1-2-9-17(13-19,11-14-4-3-10-20-12-14)15-5-7-16(18)8-6-15/h3-8,10,12H,2,9,11H2,1H3. The van der Waals surface area contributed by atoms with Gasteiger partial charge in [-0.3, -0.25) is 4.98 Å². The van der Waals surface area contributed by atoms with Gasteiger partial charge in [0.2, 0.25) is 0 Å². The summed E-state index contributed by atoms with van der Waals surface area (Å²) in [5.74, 6) is -0.279. The Labute approximate surface area is 118 Å². The largest absolute Gasteiger partial charge is 0.264 e. The van der Waals surface area contributed by atoms with Crippen molar-refractivity contribution >= 4 is 0 Å². The summed E-state index contributed by atoms with van der Waals surface area (Å²) in [7, 11) is 0. The van der Waals surface area contributed by atoms with E-state index in [0.717, 1.165) is 24.0 Å². The Morgan fingerprint density at radius 2 is 2.00 bits per heavy atom. The summed E-state index contributed by atoms with van der Waals surface area (Å²) in [6.07, 6.45) is 5.73. The van der Waals surface area contributed by atoms with Crippen LogP contribution in [0.2, 0.25) is 0 Å². The summed E-state index contributed by atoms with van der Waals surface area (Å²) in [6, 6.07) is 12.5. The zero-order chi connectivity index (χ0) is 14.4. The molecule has 2 nitrogen and oxygen atoms in total. The highest BCUT2D eigenvalue weighted by atomic mass is 19.1. The van der Waals surface area contributed by atoms with Crippen LogP contribution >= 0.6 is 0 Å². The topological polar surface area (TPSA) is 36.7 Å². The third kappa shape index (κ3) is 3.03. The molecule has 0 bridgehead atoms. The van der Waals surface area contributed by atoms with E-state index in [1.54, 1.807) is 24.5 Å². The number of benzene rings is 1. The molecule has 0 saturated heterocycles. The monoisotopic (exact) mass is 268 g/mol. The molecule has 2 aromatic rings. The second kappa shape index (κ2) is 6.29. The van der Waals surface area contributed by atoms with E-state index in [0.29, 0.717) is 6.42 Å². The summed E-state index contributed by atoms with van der Waals surface area (Å²) < 4.78 is 13.1. The number of hydrogen-bond donors (Lipinski definition) is 0. The number of pyridine rings is 1. The van der Waals surface area contributed by atoms with E-state index >= 15 is 0 Å². The second-order valence-corrected chi connectivity index (χ2v) is 4.99. The number of nitrogens with zero attached hydrogens (tertiary/aromatic N) is 2. The smallest absolute Gasteiger partial charge is 0.123 e. The van der Waals surface area contributed by atoms with Gasteiger partial charge >= 0.3 is 0 Å². The van der Waals surface area contributed by atoms with Gasteiger partial charge in [-0.2, -0.15) is 5.26 Å². The van der Waals surface area contributed by atoms with Crippen molar-refractivity contribution in [2.75, 3.05) is 0 Å². The predicted molar refractivity (Wildman–Crippen MR) is 76.5 cm³/mol. The first-order valence-electron chi connectivity index (χ1n) is 6.76. The third-order valence-electron chi connectivity index (χ3n) is 3.52. The fourth-order valence-corrected chi connectivity index (χ4v) is 2.54. The van der Waals surface area contributed by atoms with Crippen LogP contribution in [0.15, 0.2) is 48.8 Å². The van der Waals surface area contributed by atoms with Gasteiger partial charge in [0.15, 0.2) is 0 Å². The van der Waals surface area contributed by atoms with Crippen LogP contribution in [-0.2, 0) is 11.8 Å². The van der Waals surface area contributed by atoms with Crippen molar-refractivity contribution < 1.29 is 4.39 Å². The van der Waals surface area contributed by atoms with Crippen molar-refractivity contribution in [1.29, 1.82) is 5.26 Å². The molecule has 2 rings (SSSR count). The minimum atomic E-state index is -0.620. The maximum absolute atomic E-state index is 13.1. The Morgan fingerprint density at radius 1 is 1.25 bits per heavy atom. The summed E-state index contributed by atoms with van der Waals surface area (Å²) in [5, 5.41) is 9.73. The van der Waals surface area contributed by atoms with E-state index in [9.17, 15) is 9.65 Å². The van der Waals surface area contributed by atoms with E-state index < -0.39 is 5.41 Å². The molecule has 0 fully saturated rings. The minimum Gasteiger partial charge on any atom is -0.264 e. The number of rotatable bonds is 5. The molecule has 1 aromatic carbocycles. The zero-order valence-electron chi connectivity index (χ0n) is 11.5. The molecule has 0 saturated carbocycles. The maximum Gasteiger partial charge on any atom is 0.123 e. The van der Waals surface area contributed by atoms with Crippen molar-refractivity contribution in [3.63, 3.8) is 0 Å².